The fraction of sp³-hybridized carbons (Fsp3) is 0.900. The van der Waals surface area contributed by atoms with Crippen molar-refractivity contribution < 1.29 is 0 Å². The van der Waals surface area contributed by atoms with Gasteiger partial charge < -0.3 is 5.32 Å². The van der Waals surface area contributed by atoms with Gasteiger partial charge in [0.2, 0.25) is 0 Å². The highest BCUT2D eigenvalue weighted by atomic mass is 14.9. The maximum absolute atomic E-state index is 8.32. The molecule has 70 valence electrons. The molecule has 0 rings (SSSR count). The van der Waals surface area contributed by atoms with E-state index in [1.165, 1.54) is 19.3 Å². The Bertz CT molecular complexity index is 135. The second kappa shape index (κ2) is 7.12. The largest absolute Gasteiger partial charge is 0.302 e. The zero-order chi connectivity index (χ0) is 9.40. The first-order valence-electron chi connectivity index (χ1n) is 4.77. The molecule has 0 heterocycles. The molecule has 0 aromatic carbocycles. The van der Waals surface area contributed by atoms with Gasteiger partial charge in [0.25, 0.3) is 0 Å². The molecule has 0 aliphatic heterocycles. The highest BCUT2D eigenvalue weighted by molar-refractivity contribution is 4.75. The SMILES string of the molecule is CC(C)CCCC(C)NCC#N. The first-order chi connectivity index (χ1) is 5.66. The van der Waals surface area contributed by atoms with Gasteiger partial charge in [-0.05, 0) is 19.3 Å². The van der Waals surface area contributed by atoms with E-state index >= 15 is 0 Å². The Labute approximate surface area is 76.0 Å². The van der Waals surface area contributed by atoms with Crippen molar-refractivity contribution in [2.45, 2.75) is 46.1 Å². The van der Waals surface area contributed by atoms with Crippen LogP contribution in [0.4, 0.5) is 0 Å². The molecule has 1 N–H and O–H groups in total. The average molecular weight is 168 g/mol. The summed E-state index contributed by atoms with van der Waals surface area (Å²) >= 11 is 0. The van der Waals surface area contributed by atoms with Crippen LogP contribution in [0.1, 0.15) is 40.0 Å². The fourth-order valence-corrected chi connectivity index (χ4v) is 1.15. The normalized spacial score (nSPS) is 12.9. The number of nitrogens with zero attached hydrogens (tertiary/aromatic N) is 1. The van der Waals surface area contributed by atoms with E-state index < -0.39 is 0 Å². The molecular formula is C10H20N2. The van der Waals surface area contributed by atoms with E-state index in [0.717, 1.165) is 5.92 Å². The molecule has 0 spiro atoms. The zero-order valence-corrected chi connectivity index (χ0v) is 8.43. The molecule has 0 bridgehead atoms. The Morgan fingerprint density at radius 2 is 1.92 bits per heavy atom. The van der Waals surface area contributed by atoms with Crippen LogP contribution in [-0.2, 0) is 0 Å². The summed E-state index contributed by atoms with van der Waals surface area (Å²) in [7, 11) is 0. The van der Waals surface area contributed by atoms with Gasteiger partial charge in [-0.15, -0.1) is 0 Å². The number of nitriles is 1. The lowest BCUT2D eigenvalue weighted by Crippen LogP contribution is -2.26. The molecule has 0 aromatic rings. The molecule has 1 unspecified atom stereocenters. The van der Waals surface area contributed by atoms with Crippen molar-refractivity contribution in [3.8, 4) is 6.07 Å². The van der Waals surface area contributed by atoms with Crippen LogP contribution in [0.15, 0.2) is 0 Å². The molecule has 12 heavy (non-hydrogen) atoms. The monoisotopic (exact) mass is 168 g/mol. The lowest BCUT2D eigenvalue weighted by atomic mass is 10.0. The van der Waals surface area contributed by atoms with Gasteiger partial charge in [-0.1, -0.05) is 26.7 Å². The van der Waals surface area contributed by atoms with Gasteiger partial charge in [0, 0.05) is 6.04 Å². The van der Waals surface area contributed by atoms with Crippen LogP contribution in [0, 0.1) is 17.2 Å². The van der Waals surface area contributed by atoms with Crippen LogP contribution in [0.2, 0.25) is 0 Å². The minimum Gasteiger partial charge on any atom is -0.302 e. The molecule has 0 saturated heterocycles. The van der Waals surface area contributed by atoms with Gasteiger partial charge >= 0.3 is 0 Å². The van der Waals surface area contributed by atoms with Crippen molar-refractivity contribution in [3.63, 3.8) is 0 Å². The molecule has 2 nitrogen and oxygen atoms in total. The van der Waals surface area contributed by atoms with Crippen LogP contribution in [0.25, 0.3) is 0 Å². The van der Waals surface area contributed by atoms with E-state index in [4.69, 9.17) is 5.26 Å². The first kappa shape index (κ1) is 11.4. The van der Waals surface area contributed by atoms with Gasteiger partial charge in [-0.2, -0.15) is 5.26 Å². The Hall–Kier alpha value is -0.550. The molecule has 2 heteroatoms. The lowest BCUT2D eigenvalue weighted by Gasteiger charge is -2.11. The van der Waals surface area contributed by atoms with E-state index in [1.54, 1.807) is 0 Å². The van der Waals surface area contributed by atoms with Crippen LogP contribution in [0.3, 0.4) is 0 Å². The Balaban J connectivity index is 3.20. The van der Waals surface area contributed by atoms with Crippen molar-refractivity contribution in [1.29, 1.82) is 5.26 Å². The molecule has 0 aliphatic rings. The Morgan fingerprint density at radius 3 is 2.42 bits per heavy atom. The zero-order valence-electron chi connectivity index (χ0n) is 8.43. The number of nitrogens with one attached hydrogen (secondary N) is 1. The van der Waals surface area contributed by atoms with E-state index in [9.17, 15) is 0 Å². The lowest BCUT2D eigenvalue weighted by molar-refractivity contribution is 0.472. The third-order valence-electron chi connectivity index (χ3n) is 1.95. The summed E-state index contributed by atoms with van der Waals surface area (Å²) in [5.41, 5.74) is 0. The summed E-state index contributed by atoms with van der Waals surface area (Å²) in [6.07, 6.45) is 3.73. The van der Waals surface area contributed by atoms with Crippen LogP contribution < -0.4 is 5.32 Å². The van der Waals surface area contributed by atoms with Gasteiger partial charge in [0.05, 0.1) is 12.6 Å². The summed E-state index contributed by atoms with van der Waals surface area (Å²) in [4.78, 5) is 0. The predicted molar refractivity (Wildman–Crippen MR) is 51.8 cm³/mol. The van der Waals surface area contributed by atoms with Crippen LogP contribution in [-0.4, -0.2) is 12.6 Å². The van der Waals surface area contributed by atoms with E-state index in [0.29, 0.717) is 12.6 Å². The van der Waals surface area contributed by atoms with Crippen molar-refractivity contribution in [2.75, 3.05) is 6.54 Å². The van der Waals surface area contributed by atoms with Crippen molar-refractivity contribution in [1.82, 2.24) is 5.32 Å². The first-order valence-corrected chi connectivity index (χ1v) is 4.77. The number of rotatable bonds is 6. The molecule has 0 fully saturated rings. The maximum atomic E-state index is 8.32. The standard InChI is InChI=1S/C10H20N2/c1-9(2)5-4-6-10(3)12-8-7-11/h9-10,12H,4-6,8H2,1-3H3. The van der Waals surface area contributed by atoms with Gasteiger partial charge in [-0.3, -0.25) is 0 Å². The second-order valence-corrected chi connectivity index (χ2v) is 3.76. The van der Waals surface area contributed by atoms with Crippen LogP contribution in [0.5, 0.6) is 0 Å². The average Bonchev–Trinajstić information content (AvgIpc) is 2.00. The van der Waals surface area contributed by atoms with Gasteiger partial charge in [0.1, 0.15) is 0 Å². The number of hydrogen-bond donors (Lipinski definition) is 1. The number of hydrogen-bond acceptors (Lipinski definition) is 2. The third kappa shape index (κ3) is 7.56. The molecule has 0 amide bonds. The molecule has 0 radical (unpaired) electrons. The van der Waals surface area contributed by atoms with Gasteiger partial charge in [-0.25, -0.2) is 0 Å². The highest BCUT2D eigenvalue weighted by Crippen LogP contribution is 2.07. The Morgan fingerprint density at radius 1 is 1.25 bits per heavy atom. The third-order valence-corrected chi connectivity index (χ3v) is 1.95. The highest BCUT2D eigenvalue weighted by Gasteiger charge is 2.00. The Kier molecular flexibility index (Phi) is 6.79. The van der Waals surface area contributed by atoms with Gasteiger partial charge in [0.15, 0.2) is 0 Å². The molecule has 0 aromatic heterocycles. The molecule has 0 saturated carbocycles. The molecular weight excluding hydrogens is 148 g/mol. The molecule has 1 atom stereocenters. The quantitative estimate of drug-likeness (QED) is 0.618. The predicted octanol–water partition coefficient (Wildman–Crippen LogP) is 2.31. The fourth-order valence-electron chi connectivity index (χ4n) is 1.15. The van der Waals surface area contributed by atoms with E-state index in [2.05, 4.69) is 32.2 Å². The second-order valence-electron chi connectivity index (χ2n) is 3.76. The summed E-state index contributed by atoms with van der Waals surface area (Å²) in [6, 6.07) is 2.58. The maximum Gasteiger partial charge on any atom is 0.0842 e. The summed E-state index contributed by atoms with van der Waals surface area (Å²) in [5.74, 6) is 0.799. The minimum absolute atomic E-state index is 0.475. The summed E-state index contributed by atoms with van der Waals surface area (Å²) < 4.78 is 0. The smallest absolute Gasteiger partial charge is 0.0842 e. The van der Waals surface area contributed by atoms with E-state index in [-0.39, 0.29) is 0 Å². The van der Waals surface area contributed by atoms with E-state index in [1.807, 2.05) is 0 Å². The summed E-state index contributed by atoms with van der Waals surface area (Å²) in [5, 5.41) is 11.5. The minimum atomic E-state index is 0.475. The summed E-state index contributed by atoms with van der Waals surface area (Å²) in [6.45, 7) is 7.10. The molecule has 0 aliphatic carbocycles. The van der Waals surface area contributed by atoms with Crippen molar-refractivity contribution in [2.24, 2.45) is 5.92 Å². The van der Waals surface area contributed by atoms with Crippen LogP contribution >= 0.6 is 0 Å². The topological polar surface area (TPSA) is 35.8 Å². The van der Waals surface area contributed by atoms with Crippen molar-refractivity contribution in [3.05, 3.63) is 0 Å². The van der Waals surface area contributed by atoms with Crippen molar-refractivity contribution >= 4 is 0 Å².